The molecule has 0 bridgehead atoms. The Labute approximate surface area is 161 Å². The van der Waals surface area contributed by atoms with Gasteiger partial charge in [0.15, 0.2) is 0 Å². The molecule has 0 aliphatic carbocycles. The second-order valence-electron chi connectivity index (χ2n) is 6.38. The van der Waals surface area contributed by atoms with Crippen molar-refractivity contribution in [2.75, 3.05) is 25.5 Å². The fourth-order valence-corrected chi connectivity index (χ4v) is 4.42. The second-order valence-corrected chi connectivity index (χ2v) is 8.28. The smallest absolute Gasteiger partial charge is 0.246 e. The molecule has 1 fully saturated rings. The van der Waals surface area contributed by atoms with Gasteiger partial charge >= 0.3 is 0 Å². The standard InChI is InChI=1S/C17H27N3O4S.ClH/c1-4-12(2)16(18)17(21)19-13-7-8-15(14(11-13)24-3)25(22,23)20-9-5-6-10-20;/h7-8,11-12,16H,4-6,9-10,18H2,1-3H3,(H,19,21);1H. The van der Waals surface area contributed by atoms with Crippen molar-refractivity contribution in [2.24, 2.45) is 11.7 Å². The number of nitrogens with zero attached hydrogens (tertiary/aromatic N) is 1. The van der Waals surface area contributed by atoms with Gasteiger partial charge in [0, 0.05) is 24.8 Å². The van der Waals surface area contributed by atoms with E-state index in [-0.39, 0.29) is 34.9 Å². The first-order valence-corrected chi connectivity index (χ1v) is 10.00. The van der Waals surface area contributed by atoms with Crippen LogP contribution in [0, 0.1) is 5.92 Å². The lowest BCUT2D eigenvalue weighted by molar-refractivity contribution is -0.118. The number of carbonyl (C=O) groups excluding carboxylic acids is 1. The highest BCUT2D eigenvalue weighted by atomic mass is 35.5. The van der Waals surface area contributed by atoms with Crippen molar-refractivity contribution in [3.05, 3.63) is 18.2 Å². The third-order valence-electron chi connectivity index (χ3n) is 4.67. The highest BCUT2D eigenvalue weighted by molar-refractivity contribution is 7.89. The molecule has 1 amide bonds. The molecular weight excluding hydrogens is 378 g/mol. The topological polar surface area (TPSA) is 102 Å². The number of sulfonamides is 1. The van der Waals surface area contributed by atoms with Crippen LogP contribution < -0.4 is 15.8 Å². The maximum atomic E-state index is 12.7. The number of ether oxygens (including phenoxy) is 1. The lowest BCUT2D eigenvalue weighted by Gasteiger charge is -2.20. The molecule has 148 valence electrons. The van der Waals surface area contributed by atoms with E-state index >= 15 is 0 Å². The van der Waals surface area contributed by atoms with Crippen LogP contribution in [0.1, 0.15) is 33.1 Å². The largest absolute Gasteiger partial charge is 0.495 e. The Morgan fingerprint density at radius 1 is 1.35 bits per heavy atom. The molecule has 26 heavy (non-hydrogen) atoms. The summed E-state index contributed by atoms with van der Waals surface area (Å²) in [4.78, 5) is 12.3. The fourth-order valence-electron chi connectivity index (χ4n) is 2.76. The monoisotopic (exact) mass is 405 g/mol. The Morgan fingerprint density at radius 2 is 1.96 bits per heavy atom. The highest BCUT2D eigenvalue weighted by Crippen LogP contribution is 2.31. The van der Waals surface area contributed by atoms with E-state index in [0.29, 0.717) is 18.8 Å². The average molecular weight is 406 g/mol. The Balaban J connectivity index is 0.00000338. The van der Waals surface area contributed by atoms with E-state index in [4.69, 9.17) is 10.5 Å². The SMILES string of the molecule is CCC(C)C(N)C(=O)Nc1ccc(S(=O)(=O)N2CCCC2)c(OC)c1.Cl. The highest BCUT2D eigenvalue weighted by Gasteiger charge is 2.30. The van der Waals surface area contributed by atoms with Crippen molar-refractivity contribution in [3.8, 4) is 5.75 Å². The van der Waals surface area contributed by atoms with Crippen molar-refractivity contribution in [1.82, 2.24) is 4.31 Å². The number of hydrogen-bond acceptors (Lipinski definition) is 5. The number of rotatable bonds is 7. The van der Waals surface area contributed by atoms with Crippen LogP contribution in [0.25, 0.3) is 0 Å². The van der Waals surface area contributed by atoms with Gasteiger partial charge in [-0.3, -0.25) is 4.79 Å². The molecular formula is C17H28ClN3O4S. The molecule has 1 heterocycles. The number of halogens is 1. The Hall–Kier alpha value is -1.35. The van der Waals surface area contributed by atoms with Gasteiger partial charge < -0.3 is 15.8 Å². The van der Waals surface area contributed by atoms with Gasteiger partial charge in [-0.25, -0.2) is 8.42 Å². The molecule has 1 aliphatic heterocycles. The summed E-state index contributed by atoms with van der Waals surface area (Å²) in [6, 6.07) is 3.93. The molecule has 7 nitrogen and oxygen atoms in total. The summed E-state index contributed by atoms with van der Waals surface area (Å²) in [6.45, 7) is 4.93. The quantitative estimate of drug-likeness (QED) is 0.724. The van der Waals surface area contributed by atoms with E-state index in [1.165, 1.54) is 23.5 Å². The van der Waals surface area contributed by atoms with Crippen LogP contribution in [0.5, 0.6) is 5.75 Å². The second kappa shape index (κ2) is 9.55. The predicted molar refractivity (Wildman–Crippen MR) is 104 cm³/mol. The van der Waals surface area contributed by atoms with Crippen molar-refractivity contribution in [3.63, 3.8) is 0 Å². The summed E-state index contributed by atoms with van der Waals surface area (Å²) >= 11 is 0. The van der Waals surface area contributed by atoms with Crippen LogP contribution in [0.4, 0.5) is 5.69 Å². The molecule has 2 atom stereocenters. The molecule has 1 saturated heterocycles. The van der Waals surface area contributed by atoms with Gasteiger partial charge in [-0.1, -0.05) is 20.3 Å². The Kier molecular flexibility index (Phi) is 8.33. The van der Waals surface area contributed by atoms with E-state index in [0.717, 1.165) is 19.3 Å². The van der Waals surface area contributed by atoms with E-state index < -0.39 is 16.1 Å². The maximum absolute atomic E-state index is 12.7. The van der Waals surface area contributed by atoms with Crippen LogP contribution >= 0.6 is 12.4 Å². The first kappa shape index (κ1) is 22.7. The number of benzene rings is 1. The molecule has 1 aromatic rings. The van der Waals surface area contributed by atoms with Crippen molar-refractivity contribution in [2.45, 2.75) is 44.0 Å². The molecule has 9 heteroatoms. The summed E-state index contributed by atoms with van der Waals surface area (Å²) in [5, 5.41) is 2.73. The minimum Gasteiger partial charge on any atom is -0.495 e. The van der Waals surface area contributed by atoms with Crippen LogP contribution in [-0.2, 0) is 14.8 Å². The maximum Gasteiger partial charge on any atom is 0.246 e. The molecule has 1 aliphatic rings. The first-order valence-electron chi connectivity index (χ1n) is 8.56. The minimum atomic E-state index is -3.59. The van der Waals surface area contributed by atoms with Gasteiger partial charge in [0.25, 0.3) is 0 Å². The van der Waals surface area contributed by atoms with Gasteiger partial charge in [0.1, 0.15) is 10.6 Å². The van der Waals surface area contributed by atoms with Gasteiger partial charge in [-0.15, -0.1) is 12.4 Å². The summed E-state index contributed by atoms with van der Waals surface area (Å²) in [5.41, 5.74) is 6.38. The zero-order valence-electron chi connectivity index (χ0n) is 15.4. The zero-order chi connectivity index (χ0) is 18.6. The third-order valence-corrected chi connectivity index (χ3v) is 6.61. The molecule has 1 aromatic carbocycles. The summed E-state index contributed by atoms with van der Waals surface area (Å²) in [6.07, 6.45) is 2.53. The number of carbonyl (C=O) groups is 1. The zero-order valence-corrected chi connectivity index (χ0v) is 17.0. The Bertz CT molecular complexity index is 721. The van der Waals surface area contributed by atoms with Gasteiger partial charge in [-0.05, 0) is 30.9 Å². The fraction of sp³-hybridized carbons (Fsp3) is 0.588. The number of nitrogens with one attached hydrogen (secondary N) is 1. The molecule has 0 spiro atoms. The lowest BCUT2D eigenvalue weighted by Crippen LogP contribution is -2.40. The van der Waals surface area contributed by atoms with Gasteiger partial charge in [-0.2, -0.15) is 4.31 Å². The number of nitrogens with two attached hydrogens (primary N) is 1. The minimum absolute atomic E-state index is 0. The number of amides is 1. The van der Waals surface area contributed by atoms with E-state index in [1.807, 2.05) is 13.8 Å². The molecule has 0 saturated carbocycles. The normalized spacial score (nSPS) is 17.2. The molecule has 2 rings (SSSR count). The van der Waals surface area contributed by atoms with Gasteiger partial charge in [0.05, 0.1) is 13.2 Å². The van der Waals surface area contributed by atoms with Crippen LogP contribution in [0.3, 0.4) is 0 Å². The molecule has 0 aromatic heterocycles. The predicted octanol–water partition coefficient (Wildman–Crippen LogP) is 2.21. The molecule has 2 unspecified atom stereocenters. The van der Waals surface area contributed by atoms with Crippen molar-refractivity contribution < 1.29 is 17.9 Å². The average Bonchev–Trinajstić information content (AvgIpc) is 3.15. The summed E-state index contributed by atoms with van der Waals surface area (Å²) in [7, 11) is -2.18. The summed E-state index contributed by atoms with van der Waals surface area (Å²) < 4.78 is 32.2. The Morgan fingerprint density at radius 3 is 2.50 bits per heavy atom. The van der Waals surface area contributed by atoms with Gasteiger partial charge in [0.2, 0.25) is 15.9 Å². The van der Waals surface area contributed by atoms with E-state index in [9.17, 15) is 13.2 Å². The number of anilines is 1. The number of methoxy groups -OCH3 is 1. The lowest BCUT2D eigenvalue weighted by atomic mass is 9.99. The van der Waals surface area contributed by atoms with E-state index in [1.54, 1.807) is 6.07 Å². The molecule has 0 radical (unpaired) electrons. The molecule has 3 N–H and O–H groups in total. The number of hydrogen-bond donors (Lipinski definition) is 2. The van der Waals surface area contributed by atoms with Crippen LogP contribution in [-0.4, -0.2) is 44.9 Å². The first-order chi connectivity index (χ1) is 11.8. The summed E-state index contributed by atoms with van der Waals surface area (Å²) in [5.74, 6) is -0.0370. The van der Waals surface area contributed by atoms with Crippen LogP contribution in [0.15, 0.2) is 23.1 Å². The van der Waals surface area contributed by atoms with Crippen molar-refractivity contribution >= 4 is 34.0 Å². The third kappa shape index (κ3) is 4.88. The van der Waals surface area contributed by atoms with Crippen molar-refractivity contribution in [1.29, 1.82) is 0 Å². The van der Waals surface area contributed by atoms with E-state index in [2.05, 4.69) is 5.32 Å². The van der Waals surface area contributed by atoms with Crippen LogP contribution in [0.2, 0.25) is 0 Å².